The number of hydrogen-bond acceptors (Lipinski definition) is 5. The normalized spacial score (nSPS) is 16.1. The molecule has 3 aromatic rings. The third kappa shape index (κ3) is 3.86. The van der Waals surface area contributed by atoms with Crippen molar-refractivity contribution in [3.63, 3.8) is 0 Å². The molecular formula is C24H28N4O4. The number of rotatable bonds is 6. The summed E-state index contributed by atoms with van der Waals surface area (Å²) in [7, 11) is 0. The number of imidazole rings is 1. The highest BCUT2D eigenvalue weighted by Crippen LogP contribution is 2.32. The second kappa shape index (κ2) is 8.70. The summed E-state index contributed by atoms with van der Waals surface area (Å²) in [4.78, 5) is 30.2. The summed E-state index contributed by atoms with van der Waals surface area (Å²) in [5.74, 6) is 1.58. The molecule has 8 heteroatoms. The lowest BCUT2D eigenvalue weighted by molar-refractivity contribution is -0.133. The summed E-state index contributed by atoms with van der Waals surface area (Å²) in [5.41, 5.74) is 2.77. The number of hydrogen-bond donors (Lipinski definition) is 0. The van der Waals surface area contributed by atoms with Crippen LogP contribution in [0.2, 0.25) is 0 Å². The molecule has 1 fully saturated rings. The zero-order valence-corrected chi connectivity index (χ0v) is 18.3. The van der Waals surface area contributed by atoms with E-state index in [4.69, 9.17) is 9.47 Å². The zero-order valence-electron chi connectivity index (χ0n) is 18.3. The maximum Gasteiger partial charge on any atom is 0.329 e. The van der Waals surface area contributed by atoms with E-state index in [1.54, 1.807) is 9.13 Å². The minimum absolute atomic E-state index is 0.00534. The van der Waals surface area contributed by atoms with Crippen molar-refractivity contribution < 1.29 is 14.3 Å². The molecule has 0 radical (unpaired) electrons. The number of ether oxygens (including phenoxy) is 2. The lowest BCUT2D eigenvalue weighted by Crippen LogP contribution is -2.49. The fourth-order valence-electron chi connectivity index (χ4n) is 4.55. The highest BCUT2D eigenvalue weighted by Gasteiger charge is 2.24. The molecule has 1 saturated heterocycles. The van der Waals surface area contributed by atoms with Crippen LogP contribution in [0.25, 0.3) is 11.0 Å². The van der Waals surface area contributed by atoms with Crippen LogP contribution in [-0.4, -0.2) is 57.8 Å². The van der Waals surface area contributed by atoms with Crippen molar-refractivity contribution in [2.45, 2.75) is 33.0 Å². The number of piperazine rings is 1. The van der Waals surface area contributed by atoms with Crippen LogP contribution in [0.3, 0.4) is 0 Å². The van der Waals surface area contributed by atoms with Crippen LogP contribution in [0.4, 0.5) is 0 Å². The quantitative estimate of drug-likeness (QED) is 0.593. The maximum absolute atomic E-state index is 13.0. The Morgan fingerprint density at radius 3 is 2.41 bits per heavy atom. The van der Waals surface area contributed by atoms with E-state index in [1.807, 2.05) is 48.2 Å². The van der Waals surface area contributed by atoms with Crippen molar-refractivity contribution in [3.8, 4) is 11.5 Å². The van der Waals surface area contributed by atoms with Crippen molar-refractivity contribution in [1.29, 1.82) is 0 Å². The van der Waals surface area contributed by atoms with Crippen LogP contribution in [0.1, 0.15) is 18.9 Å². The Kier molecular flexibility index (Phi) is 5.61. The summed E-state index contributed by atoms with van der Waals surface area (Å²) in [5, 5.41) is 0. The smallest absolute Gasteiger partial charge is 0.329 e. The molecule has 0 aliphatic carbocycles. The van der Waals surface area contributed by atoms with Crippen molar-refractivity contribution in [1.82, 2.24) is 18.9 Å². The summed E-state index contributed by atoms with van der Waals surface area (Å²) in [6.45, 7) is 6.78. The van der Waals surface area contributed by atoms with Gasteiger partial charge in [0.25, 0.3) is 0 Å². The van der Waals surface area contributed by atoms with Gasteiger partial charge in [-0.15, -0.1) is 0 Å². The van der Waals surface area contributed by atoms with Gasteiger partial charge >= 0.3 is 5.69 Å². The minimum Gasteiger partial charge on any atom is -0.454 e. The lowest BCUT2D eigenvalue weighted by atomic mass is 10.1. The van der Waals surface area contributed by atoms with Gasteiger partial charge in [0.15, 0.2) is 11.5 Å². The van der Waals surface area contributed by atoms with Crippen LogP contribution < -0.4 is 15.2 Å². The van der Waals surface area contributed by atoms with Gasteiger partial charge in [0.05, 0.1) is 11.0 Å². The van der Waals surface area contributed by atoms with Crippen molar-refractivity contribution in [2.75, 3.05) is 33.0 Å². The first-order chi connectivity index (χ1) is 15.6. The van der Waals surface area contributed by atoms with Crippen LogP contribution in [0.5, 0.6) is 11.5 Å². The Hall–Kier alpha value is -3.26. The van der Waals surface area contributed by atoms with Crippen LogP contribution in [0, 0.1) is 0 Å². The molecule has 2 aromatic carbocycles. The molecule has 3 heterocycles. The van der Waals surface area contributed by atoms with Gasteiger partial charge in [-0.25, -0.2) is 4.79 Å². The van der Waals surface area contributed by atoms with Gasteiger partial charge in [0.2, 0.25) is 12.7 Å². The third-order valence-electron chi connectivity index (χ3n) is 6.23. The first-order valence-corrected chi connectivity index (χ1v) is 11.2. The molecule has 168 valence electrons. The minimum atomic E-state index is -0.108. The summed E-state index contributed by atoms with van der Waals surface area (Å²) in [6.07, 6.45) is 0.868. The number of aryl methyl sites for hydroxylation is 1. The van der Waals surface area contributed by atoms with E-state index >= 15 is 0 Å². The van der Waals surface area contributed by atoms with Crippen LogP contribution >= 0.6 is 0 Å². The molecule has 0 unspecified atom stereocenters. The van der Waals surface area contributed by atoms with Gasteiger partial charge in [0, 0.05) is 39.3 Å². The average Bonchev–Trinajstić information content (AvgIpc) is 3.38. The number of nitrogens with zero attached hydrogens (tertiary/aromatic N) is 4. The van der Waals surface area contributed by atoms with E-state index in [0.29, 0.717) is 19.6 Å². The van der Waals surface area contributed by atoms with E-state index < -0.39 is 0 Å². The molecule has 1 aromatic heterocycles. The Labute approximate surface area is 186 Å². The lowest BCUT2D eigenvalue weighted by Gasteiger charge is -2.34. The van der Waals surface area contributed by atoms with Crippen LogP contribution in [0.15, 0.2) is 47.3 Å². The predicted molar refractivity (Wildman–Crippen MR) is 121 cm³/mol. The number of fused-ring (bicyclic) bond motifs is 2. The SMILES string of the molecule is CCCn1c(=O)n(CC(=O)N2CCN(Cc3ccc4c(c3)OCO4)CC2)c2ccccc21. The Morgan fingerprint density at radius 1 is 0.938 bits per heavy atom. The van der Waals surface area contributed by atoms with Gasteiger partial charge in [-0.2, -0.15) is 0 Å². The predicted octanol–water partition coefficient (Wildman–Crippen LogP) is 2.29. The molecule has 0 bridgehead atoms. The van der Waals surface area contributed by atoms with Crippen LogP contribution in [-0.2, 0) is 24.4 Å². The number of para-hydroxylation sites is 2. The fraction of sp³-hybridized carbons (Fsp3) is 0.417. The first kappa shape index (κ1) is 20.6. The number of aromatic nitrogens is 2. The molecule has 32 heavy (non-hydrogen) atoms. The van der Waals surface area contributed by atoms with E-state index in [0.717, 1.165) is 48.6 Å². The molecule has 5 rings (SSSR count). The molecule has 0 N–H and O–H groups in total. The number of amides is 1. The van der Waals surface area contributed by atoms with Gasteiger partial charge in [0.1, 0.15) is 6.54 Å². The summed E-state index contributed by atoms with van der Waals surface area (Å²) in [6, 6.07) is 13.7. The second-order valence-corrected chi connectivity index (χ2v) is 8.35. The molecule has 1 amide bonds. The maximum atomic E-state index is 13.0. The average molecular weight is 437 g/mol. The van der Waals surface area contributed by atoms with Crippen molar-refractivity contribution in [2.24, 2.45) is 0 Å². The molecule has 0 spiro atoms. The Bertz CT molecular complexity index is 1190. The highest BCUT2D eigenvalue weighted by molar-refractivity contribution is 5.81. The molecule has 2 aliphatic rings. The van der Waals surface area contributed by atoms with Crippen molar-refractivity contribution in [3.05, 3.63) is 58.5 Å². The fourth-order valence-corrected chi connectivity index (χ4v) is 4.55. The molecule has 2 aliphatic heterocycles. The molecule has 0 saturated carbocycles. The summed E-state index contributed by atoms with van der Waals surface area (Å²) >= 11 is 0. The van der Waals surface area contributed by atoms with Gasteiger partial charge in [-0.3, -0.25) is 18.8 Å². The second-order valence-electron chi connectivity index (χ2n) is 8.35. The Morgan fingerprint density at radius 2 is 1.66 bits per heavy atom. The number of carbonyl (C=O) groups excluding carboxylic acids is 1. The first-order valence-electron chi connectivity index (χ1n) is 11.2. The van der Waals surface area contributed by atoms with Crippen molar-refractivity contribution >= 4 is 16.9 Å². The molecule has 8 nitrogen and oxygen atoms in total. The van der Waals surface area contributed by atoms with E-state index in [9.17, 15) is 9.59 Å². The standard InChI is InChI=1S/C24H28N4O4/c1-2-9-27-19-5-3-4-6-20(19)28(24(27)30)16-23(29)26-12-10-25(11-13-26)15-18-7-8-21-22(14-18)32-17-31-21/h3-8,14H,2,9-13,15-17H2,1H3. The summed E-state index contributed by atoms with van der Waals surface area (Å²) < 4.78 is 14.2. The number of benzene rings is 2. The monoisotopic (exact) mass is 436 g/mol. The highest BCUT2D eigenvalue weighted by atomic mass is 16.7. The van der Waals surface area contributed by atoms with E-state index in [-0.39, 0.29) is 24.9 Å². The van der Waals surface area contributed by atoms with E-state index in [2.05, 4.69) is 11.0 Å². The topological polar surface area (TPSA) is 68.9 Å². The molecular weight excluding hydrogens is 408 g/mol. The van der Waals surface area contributed by atoms with Gasteiger partial charge in [-0.1, -0.05) is 25.1 Å². The molecule has 0 atom stereocenters. The Balaban J connectivity index is 1.23. The largest absolute Gasteiger partial charge is 0.454 e. The van der Waals surface area contributed by atoms with E-state index in [1.165, 1.54) is 5.56 Å². The van der Waals surface area contributed by atoms with Gasteiger partial charge < -0.3 is 14.4 Å². The zero-order chi connectivity index (χ0) is 22.1. The third-order valence-corrected chi connectivity index (χ3v) is 6.23. The van der Waals surface area contributed by atoms with Gasteiger partial charge in [-0.05, 0) is 36.2 Å². The number of carbonyl (C=O) groups is 1.